The van der Waals surface area contributed by atoms with E-state index in [0.717, 1.165) is 17.7 Å². The van der Waals surface area contributed by atoms with Crippen molar-refractivity contribution in [2.24, 2.45) is 0 Å². The number of halogens is 5. The van der Waals surface area contributed by atoms with Crippen LogP contribution in [0.15, 0.2) is 66.7 Å². The second kappa shape index (κ2) is 9.26. The fourth-order valence-corrected chi connectivity index (χ4v) is 3.99. The Labute approximate surface area is 198 Å². The Hall–Kier alpha value is -2.97. The minimum atomic E-state index is -0.959. The molecule has 0 bridgehead atoms. The summed E-state index contributed by atoms with van der Waals surface area (Å²) in [6.45, 7) is 0. The van der Waals surface area contributed by atoms with Crippen molar-refractivity contribution in [3.8, 4) is 28.5 Å². The van der Waals surface area contributed by atoms with E-state index in [-0.39, 0.29) is 6.42 Å². The highest BCUT2D eigenvalue weighted by molar-refractivity contribution is 6.36. The molecule has 0 aliphatic rings. The molecule has 32 heavy (non-hydrogen) atoms. The molecular weight excluding hydrogens is 473 g/mol. The number of rotatable bonds is 4. The van der Waals surface area contributed by atoms with Crippen LogP contribution in [0.3, 0.4) is 0 Å². The van der Waals surface area contributed by atoms with E-state index in [1.165, 1.54) is 6.07 Å². The Morgan fingerprint density at radius 1 is 0.781 bits per heavy atom. The van der Waals surface area contributed by atoms with Gasteiger partial charge in [0.05, 0.1) is 22.0 Å². The van der Waals surface area contributed by atoms with Crippen LogP contribution in [0, 0.1) is 23.0 Å². The molecule has 0 N–H and O–H groups in total. The van der Waals surface area contributed by atoms with Crippen LogP contribution in [-0.2, 0) is 6.42 Å². The van der Waals surface area contributed by atoms with Gasteiger partial charge in [0.15, 0.2) is 11.6 Å². The summed E-state index contributed by atoms with van der Waals surface area (Å²) in [5, 5.41) is 11.2. The third kappa shape index (κ3) is 4.61. The SMILES string of the molecule is N#Cc1cc(-c2ccc(Cl)cc2)c(-c2ccc(Cl)cc2Cl)nc1Cc1ccc(F)c(F)c1. The summed E-state index contributed by atoms with van der Waals surface area (Å²) in [6.07, 6.45) is 0.138. The maximum atomic E-state index is 13.7. The van der Waals surface area contributed by atoms with E-state index < -0.39 is 11.6 Å². The van der Waals surface area contributed by atoms with E-state index in [9.17, 15) is 14.0 Å². The monoisotopic (exact) mass is 484 g/mol. The van der Waals surface area contributed by atoms with Crippen molar-refractivity contribution in [1.82, 2.24) is 4.98 Å². The molecule has 158 valence electrons. The molecule has 0 radical (unpaired) electrons. The third-order valence-electron chi connectivity index (χ3n) is 4.92. The average molecular weight is 486 g/mol. The minimum absolute atomic E-state index is 0.138. The van der Waals surface area contributed by atoms with E-state index in [2.05, 4.69) is 6.07 Å². The molecule has 2 nitrogen and oxygen atoms in total. The van der Waals surface area contributed by atoms with Crippen molar-refractivity contribution in [3.05, 3.63) is 110 Å². The molecule has 0 amide bonds. The first kappa shape index (κ1) is 22.2. The zero-order valence-electron chi connectivity index (χ0n) is 16.3. The summed E-state index contributed by atoms with van der Waals surface area (Å²) >= 11 is 18.6. The number of hydrogen-bond donors (Lipinski definition) is 0. The van der Waals surface area contributed by atoms with Gasteiger partial charge in [-0.15, -0.1) is 0 Å². The first-order chi connectivity index (χ1) is 15.4. The van der Waals surface area contributed by atoms with Gasteiger partial charge < -0.3 is 0 Å². The minimum Gasteiger partial charge on any atom is -0.250 e. The molecule has 3 aromatic carbocycles. The Bertz CT molecular complexity index is 1360. The highest BCUT2D eigenvalue weighted by atomic mass is 35.5. The van der Waals surface area contributed by atoms with Crippen LogP contribution in [0.1, 0.15) is 16.8 Å². The van der Waals surface area contributed by atoms with Crippen molar-refractivity contribution in [2.45, 2.75) is 6.42 Å². The van der Waals surface area contributed by atoms with Crippen LogP contribution >= 0.6 is 34.8 Å². The number of hydrogen-bond acceptors (Lipinski definition) is 2. The molecule has 0 fully saturated rings. The Balaban J connectivity index is 1.93. The molecule has 1 heterocycles. The summed E-state index contributed by atoms with van der Waals surface area (Å²) in [7, 11) is 0. The summed E-state index contributed by atoms with van der Waals surface area (Å²) in [4.78, 5) is 4.75. The van der Waals surface area contributed by atoms with Gasteiger partial charge in [-0.1, -0.05) is 53.0 Å². The maximum absolute atomic E-state index is 13.7. The number of benzene rings is 3. The van der Waals surface area contributed by atoms with Gasteiger partial charge in [0.2, 0.25) is 0 Å². The van der Waals surface area contributed by atoms with E-state index in [0.29, 0.717) is 48.7 Å². The lowest BCUT2D eigenvalue weighted by molar-refractivity contribution is 0.507. The fourth-order valence-electron chi connectivity index (χ4n) is 3.36. The Morgan fingerprint density at radius 2 is 1.50 bits per heavy atom. The quantitative estimate of drug-likeness (QED) is 0.293. The molecule has 0 aliphatic heterocycles. The number of nitriles is 1. The van der Waals surface area contributed by atoms with Crippen molar-refractivity contribution < 1.29 is 8.78 Å². The van der Waals surface area contributed by atoms with Gasteiger partial charge in [0.25, 0.3) is 0 Å². The molecule has 0 spiro atoms. The molecule has 4 rings (SSSR count). The predicted molar refractivity (Wildman–Crippen MR) is 124 cm³/mol. The molecule has 7 heteroatoms. The standard InChI is InChI=1S/C25H13Cl3F2N2/c26-17-4-2-15(3-5-17)20-11-16(13-31)24(10-14-1-8-22(29)23(30)9-14)32-25(20)19-7-6-18(27)12-21(19)28/h1-9,11-12H,10H2. The number of aromatic nitrogens is 1. The molecule has 0 unspecified atom stereocenters. The van der Waals surface area contributed by atoms with Gasteiger partial charge in [-0.05, 0) is 59.7 Å². The topological polar surface area (TPSA) is 36.7 Å². The lowest BCUT2D eigenvalue weighted by atomic mass is 9.95. The van der Waals surface area contributed by atoms with Gasteiger partial charge in [-0.3, -0.25) is 4.98 Å². The smallest absolute Gasteiger partial charge is 0.159 e. The van der Waals surface area contributed by atoms with Gasteiger partial charge in [0, 0.05) is 27.6 Å². The highest BCUT2D eigenvalue weighted by Gasteiger charge is 2.18. The summed E-state index contributed by atoms with van der Waals surface area (Å²) < 4.78 is 27.1. The molecule has 0 aliphatic carbocycles. The molecule has 0 atom stereocenters. The zero-order valence-corrected chi connectivity index (χ0v) is 18.6. The number of pyridine rings is 1. The zero-order chi connectivity index (χ0) is 22.8. The first-order valence-electron chi connectivity index (χ1n) is 9.45. The maximum Gasteiger partial charge on any atom is 0.159 e. The molecule has 1 aromatic heterocycles. The van der Waals surface area contributed by atoms with E-state index in [1.54, 1.807) is 36.4 Å². The van der Waals surface area contributed by atoms with Crippen LogP contribution in [0.4, 0.5) is 8.78 Å². The molecule has 0 saturated heterocycles. The van der Waals surface area contributed by atoms with Gasteiger partial charge >= 0.3 is 0 Å². The van der Waals surface area contributed by atoms with Crippen LogP contribution in [0.2, 0.25) is 15.1 Å². The van der Waals surface area contributed by atoms with Gasteiger partial charge in [-0.2, -0.15) is 5.26 Å². The van der Waals surface area contributed by atoms with Crippen LogP contribution in [-0.4, -0.2) is 4.98 Å². The lowest BCUT2D eigenvalue weighted by Crippen LogP contribution is -2.02. The van der Waals surface area contributed by atoms with Crippen molar-refractivity contribution in [2.75, 3.05) is 0 Å². The van der Waals surface area contributed by atoms with Crippen LogP contribution in [0.25, 0.3) is 22.4 Å². The third-order valence-corrected chi connectivity index (χ3v) is 5.72. The Kier molecular flexibility index (Phi) is 6.43. The highest BCUT2D eigenvalue weighted by Crippen LogP contribution is 2.37. The second-order valence-corrected chi connectivity index (χ2v) is 8.33. The van der Waals surface area contributed by atoms with Crippen molar-refractivity contribution in [1.29, 1.82) is 5.26 Å². The predicted octanol–water partition coefficient (Wildman–Crippen LogP) is 8.12. The average Bonchev–Trinajstić information content (AvgIpc) is 2.77. The van der Waals surface area contributed by atoms with Gasteiger partial charge in [-0.25, -0.2) is 8.78 Å². The van der Waals surface area contributed by atoms with Gasteiger partial charge in [0.1, 0.15) is 6.07 Å². The molecular formula is C25H13Cl3F2N2. The van der Waals surface area contributed by atoms with E-state index in [4.69, 9.17) is 39.8 Å². The van der Waals surface area contributed by atoms with Crippen LogP contribution < -0.4 is 0 Å². The summed E-state index contributed by atoms with van der Waals surface area (Å²) in [5.74, 6) is -1.89. The number of nitrogens with zero attached hydrogens (tertiary/aromatic N) is 2. The fraction of sp³-hybridized carbons (Fsp3) is 0.0400. The lowest BCUT2D eigenvalue weighted by Gasteiger charge is -2.15. The first-order valence-corrected chi connectivity index (χ1v) is 10.6. The van der Waals surface area contributed by atoms with Crippen molar-refractivity contribution in [3.63, 3.8) is 0 Å². The largest absolute Gasteiger partial charge is 0.250 e. The van der Waals surface area contributed by atoms with Crippen molar-refractivity contribution >= 4 is 34.8 Å². The van der Waals surface area contributed by atoms with E-state index >= 15 is 0 Å². The molecule has 0 saturated carbocycles. The normalized spacial score (nSPS) is 10.8. The van der Waals surface area contributed by atoms with Crippen LogP contribution in [0.5, 0.6) is 0 Å². The van der Waals surface area contributed by atoms with E-state index in [1.807, 2.05) is 12.1 Å². The Morgan fingerprint density at radius 3 is 2.16 bits per heavy atom. The summed E-state index contributed by atoms with van der Waals surface area (Å²) in [6, 6.07) is 19.7. The summed E-state index contributed by atoms with van der Waals surface area (Å²) in [5.41, 5.74) is 3.84. The second-order valence-electron chi connectivity index (χ2n) is 7.05. The molecule has 4 aromatic rings.